The van der Waals surface area contributed by atoms with Crippen molar-refractivity contribution in [3.05, 3.63) is 53.3 Å². The van der Waals surface area contributed by atoms with Crippen molar-refractivity contribution in [3.63, 3.8) is 0 Å². The van der Waals surface area contributed by atoms with Gasteiger partial charge in [0.25, 0.3) is 5.91 Å². The zero-order chi connectivity index (χ0) is 14.7. The van der Waals surface area contributed by atoms with Crippen LogP contribution in [0.25, 0.3) is 22.2 Å². The summed E-state index contributed by atoms with van der Waals surface area (Å²) < 4.78 is 0. The van der Waals surface area contributed by atoms with Crippen LogP contribution in [0.4, 0.5) is 0 Å². The van der Waals surface area contributed by atoms with Crippen LogP contribution in [0, 0.1) is 0 Å². The van der Waals surface area contributed by atoms with Crippen molar-refractivity contribution in [3.8, 4) is 11.1 Å². The van der Waals surface area contributed by atoms with Crippen LogP contribution in [0.5, 0.6) is 0 Å². The maximum absolute atomic E-state index is 11.7. The molecule has 0 bridgehead atoms. The van der Waals surface area contributed by atoms with E-state index in [4.69, 9.17) is 4.98 Å². The van der Waals surface area contributed by atoms with Crippen LogP contribution in [0.3, 0.4) is 0 Å². The Bertz CT molecular complexity index is 921. The van der Waals surface area contributed by atoms with Crippen LogP contribution in [0.15, 0.2) is 36.5 Å². The van der Waals surface area contributed by atoms with Crippen molar-refractivity contribution in [1.82, 2.24) is 15.3 Å². The summed E-state index contributed by atoms with van der Waals surface area (Å²) in [5.74, 6) is 0.685. The fourth-order valence-electron chi connectivity index (χ4n) is 3.26. The van der Waals surface area contributed by atoms with E-state index in [9.17, 15) is 4.79 Å². The number of pyridine rings is 1. The first-order valence-electron chi connectivity index (χ1n) is 7.69. The summed E-state index contributed by atoms with van der Waals surface area (Å²) in [5, 5.41) is 4.00. The molecule has 4 nitrogen and oxygen atoms in total. The Labute approximate surface area is 127 Å². The van der Waals surface area contributed by atoms with E-state index >= 15 is 0 Å². The van der Waals surface area contributed by atoms with E-state index < -0.39 is 0 Å². The van der Waals surface area contributed by atoms with E-state index in [-0.39, 0.29) is 5.91 Å². The number of carbonyl (C=O) groups excluding carboxylic acids is 1. The van der Waals surface area contributed by atoms with Crippen LogP contribution in [0.2, 0.25) is 0 Å². The number of hydrogen-bond acceptors (Lipinski definition) is 2. The molecule has 4 heteroatoms. The summed E-state index contributed by atoms with van der Waals surface area (Å²) in [5.41, 5.74) is 6.28. The van der Waals surface area contributed by atoms with E-state index in [2.05, 4.69) is 28.5 Å². The summed E-state index contributed by atoms with van der Waals surface area (Å²) in [6.07, 6.45) is 4.54. The molecule has 1 saturated carbocycles. The normalized spacial score (nSPS) is 16.8. The largest absolute Gasteiger partial charge is 0.348 e. The minimum atomic E-state index is 0.0243. The first kappa shape index (κ1) is 12.0. The van der Waals surface area contributed by atoms with Crippen molar-refractivity contribution in [2.24, 2.45) is 0 Å². The minimum Gasteiger partial charge on any atom is -0.348 e. The Morgan fingerprint density at radius 3 is 2.86 bits per heavy atom. The topological polar surface area (TPSA) is 57.8 Å². The minimum absolute atomic E-state index is 0.0243. The molecular formula is C18H15N3O. The van der Waals surface area contributed by atoms with Gasteiger partial charge in [-0.1, -0.05) is 6.07 Å². The van der Waals surface area contributed by atoms with Crippen molar-refractivity contribution in [2.45, 2.75) is 25.3 Å². The van der Waals surface area contributed by atoms with E-state index in [1.54, 1.807) is 0 Å². The molecule has 0 unspecified atom stereocenters. The molecule has 3 aromatic rings. The number of rotatable bonds is 2. The van der Waals surface area contributed by atoms with Gasteiger partial charge in [0.05, 0.1) is 0 Å². The molecular weight excluding hydrogens is 274 g/mol. The SMILES string of the molecule is O=C1NCc2cc(-c3c[nH]c4nc(C5CC5)ccc34)ccc21. The molecule has 0 spiro atoms. The van der Waals surface area contributed by atoms with Crippen molar-refractivity contribution in [2.75, 3.05) is 0 Å². The highest BCUT2D eigenvalue weighted by Crippen LogP contribution is 2.40. The zero-order valence-corrected chi connectivity index (χ0v) is 12.0. The second-order valence-electron chi connectivity index (χ2n) is 6.16. The van der Waals surface area contributed by atoms with Gasteiger partial charge in [-0.3, -0.25) is 4.79 Å². The quantitative estimate of drug-likeness (QED) is 0.760. The average molecular weight is 289 g/mol. The second-order valence-corrected chi connectivity index (χ2v) is 6.16. The lowest BCUT2D eigenvalue weighted by Crippen LogP contribution is -2.12. The highest BCUT2D eigenvalue weighted by atomic mass is 16.1. The van der Waals surface area contributed by atoms with Crippen molar-refractivity contribution < 1.29 is 4.79 Å². The van der Waals surface area contributed by atoms with Gasteiger partial charge in [0, 0.05) is 40.9 Å². The number of amides is 1. The number of carbonyl (C=O) groups is 1. The van der Waals surface area contributed by atoms with Crippen LogP contribution in [0.1, 0.15) is 40.4 Å². The van der Waals surface area contributed by atoms with Crippen LogP contribution in [-0.2, 0) is 6.54 Å². The molecule has 0 atom stereocenters. The first-order chi connectivity index (χ1) is 10.8. The third kappa shape index (κ3) is 1.70. The molecule has 1 amide bonds. The molecule has 1 aromatic carbocycles. The summed E-state index contributed by atoms with van der Waals surface area (Å²) in [6.45, 7) is 0.619. The number of benzene rings is 1. The third-order valence-corrected chi connectivity index (χ3v) is 4.66. The molecule has 2 aromatic heterocycles. The predicted molar refractivity (Wildman–Crippen MR) is 84.7 cm³/mol. The molecule has 5 rings (SSSR count). The number of hydrogen-bond donors (Lipinski definition) is 2. The number of nitrogens with one attached hydrogen (secondary N) is 2. The van der Waals surface area contributed by atoms with Gasteiger partial charge < -0.3 is 10.3 Å². The van der Waals surface area contributed by atoms with Gasteiger partial charge in [-0.2, -0.15) is 0 Å². The standard InChI is InChI=1S/C18H15N3O/c22-18-13-4-3-11(7-12(13)8-20-18)15-9-19-17-14(15)5-6-16(21-17)10-1-2-10/h3-7,9-10H,1-2,8H2,(H,19,21)(H,20,22). The summed E-state index contributed by atoms with van der Waals surface area (Å²) >= 11 is 0. The molecule has 1 fully saturated rings. The lowest BCUT2D eigenvalue weighted by molar-refractivity contribution is 0.0966. The van der Waals surface area contributed by atoms with Crippen molar-refractivity contribution >= 4 is 16.9 Å². The number of fused-ring (bicyclic) bond motifs is 2. The predicted octanol–water partition coefficient (Wildman–Crippen LogP) is 3.35. The van der Waals surface area contributed by atoms with Gasteiger partial charge >= 0.3 is 0 Å². The Morgan fingerprint density at radius 2 is 2.00 bits per heavy atom. The Hall–Kier alpha value is -2.62. The molecule has 2 aliphatic rings. The Balaban J connectivity index is 1.63. The van der Waals surface area contributed by atoms with Gasteiger partial charge in [0.2, 0.25) is 0 Å². The number of nitrogens with zero attached hydrogens (tertiary/aromatic N) is 1. The van der Waals surface area contributed by atoms with Gasteiger partial charge in [0.1, 0.15) is 5.65 Å². The molecule has 3 heterocycles. The lowest BCUT2D eigenvalue weighted by atomic mass is 10.0. The Kier molecular flexibility index (Phi) is 2.28. The Morgan fingerprint density at radius 1 is 1.09 bits per heavy atom. The smallest absolute Gasteiger partial charge is 0.251 e. The van der Waals surface area contributed by atoms with Crippen LogP contribution < -0.4 is 5.32 Å². The summed E-state index contributed by atoms with van der Waals surface area (Å²) in [7, 11) is 0. The molecule has 1 aliphatic heterocycles. The monoisotopic (exact) mass is 289 g/mol. The number of H-pyrrole nitrogens is 1. The lowest BCUT2D eigenvalue weighted by Gasteiger charge is -2.03. The first-order valence-corrected chi connectivity index (χ1v) is 7.69. The maximum atomic E-state index is 11.7. The average Bonchev–Trinajstić information content (AvgIpc) is 3.22. The molecule has 0 saturated heterocycles. The summed E-state index contributed by atoms with van der Waals surface area (Å²) in [6, 6.07) is 10.3. The number of aromatic amines is 1. The zero-order valence-electron chi connectivity index (χ0n) is 12.0. The van der Waals surface area contributed by atoms with Gasteiger partial charge in [-0.15, -0.1) is 0 Å². The van der Waals surface area contributed by atoms with Crippen molar-refractivity contribution in [1.29, 1.82) is 0 Å². The van der Waals surface area contributed by atoms with E-state index in [1.165, 1.54) is 18.5 Å². The molecule has 0 radical (unpaired) electrons. The van der Waals surface area contributed by atoms with E-state index in [0.29, 0.717) is 12.5 Å². The van der Waals surface area contributed by atoms with E-state index in [0.717, 1.165) is 33.3 Å². The highest BCUT2D eigenvalue weighted by Gasteiger charge is 2.25. The maximum Gasteiger partial charge on any atom is 0.251 e. The molecule has 22 heavy (non-hydrogen) atoms. The number of aromatic nitrogens is 2. The van der Waals surface area contributed by atoms with Crippen LogP contribution >= 0.6 is 0 Å². The third-order valence-electron chi connectivity index (χ3n) is 4.66. The fourth-order valence-corrected chi connectivity index (χ4v) is 3.26. The van der Waals surface area contributed by atoms with E-state index in [1.807, 2.05) is 18.3 Å². The van der Waals surface area contributed by atoms with Crippen LogP contribution in [-0.4, -0.2) is 15.9 Å². The second kappa shape index (κ2) is 4.19. The summed E-state index contributed by atoms with van der Waals surface area (Å²) in [4.78, 5) is 19.7. The molecule has 1 aliphatic carbocycles. The van der Waals surface area contributed by atoms with Gasteiger partial charge in [0.15, 0.2) is 0 Å². The molecule has 2 N–H and O–H groups in total. The highest BCUT2D eigenvalue weighted by molar-refractivity contribution is 6.00. The fraction of sp³-hybridized carbons (Fsp3) is 0.222. The molecule has 108 valence electrons. The van der Waals surface area contributed by atoms with Gasteiger partial charge in [-0.05, 0) is 48.2 Å². The van der Waals surface area contributed by atoms with Gasteiger partial charge in [-0.25, -0.2) is 4.98 Å².